The zero-order valence-electron chi connectivity index (χ0n) is 8.56. The van der Waals surface area contributed by atoms with Crippen LogP contribution >= 0.6 is 0 Å². The molecule has 7 heteroatoms. The number of carbonyl (C=O) groups excluding carboxylic acids is 2. The lowest BCUT2D eigenvalue weighted by atomic mass is 10.2. The Labute approximate surface area is 91.4 Å². The van der Waals surface area contributed by atoms with Crippen LogP contribution in [0.3, 0.4) is 0 Å². The van der Waals surface area contributed by atoms with E-state index in [1.54, 1.807) is 0 Å². The highest BCUT2D eigenvalue weighted by Crippen LogP contribution is 2.26. The van der Waals surface area contributed by atoms with Gasteiger partial charge in [-0.25, -0.2) is 9.18 Å². The van der Waals surface area contributed by atoms with Crippen molar-refractivity contribution in [1.82, 2.24) is 10.2 Å². The van der Waals surface area contributed by atoms with Crippen LogP contribution in [0, 0.1) is 0 Å². The molecule has 0 aromatic rings. The lowest BCUT2D eigenvalue weighted by molar-refractivity contribution is -0.124. The molecule has 2 N–H and O–H groups in total. The Morgan fingerprint density at radius 2 is 2.31 bits per heavy atom. The quantitative estimate of drug-likeness (QED) is 0.664. The second-order valence-corrected chi connectivity index (χ2v) is 3.88. The number of urea groups is 1. The van der Waals surface area contributed by atoms with E-state index >= 15 is 0 Å². The first-order valence-electron chi connectivity index (χ1n) is 5.12. The maximum absolute atomic E-state index is 13.5. The topological polar surface area (TPSA) is 78.9 Å². The summed E-state index contributed by atoms with van der Waals surface area (Å²) in [7, 11) is 0. The molecule has 2 heterocycles. The Morgan fingerprint density at radius 3 is 2.88 bits per heavy atom. The molecule has 0 aliphatic carbocycles. The first-order valence-corrected chi connectivity index (χ1v) is 5.12. The van der Waals surface area contributed by atoms with Crippen LogP contribution in [-0.2, 0) is 9.53 Å². The fourth-order valence-corrected chi connectivity index (χ4v) is 1.91. The number of ether oxygens (including phenoxy) is 1. The average Bonchev–Trinajstić information content (AvgIpc) is 2.60. The number of nitrogens with one attached hydrogen (secondary N) is 1. The monoisotopic (exact) mass is 232 g/mol. The molecule has 0 radical (unpaired) electrons. The highest BCUT2D eigenvalue weighted by atomic mass is 19.1. The van der Waals surface area contributed by atoms with Gasteiger partial charge < -0.3 is 9.84 Å². The van der Waals surface area contributed by atoms with E-state index in [9.17, 15) is 14.0 Å². The van der Waals surface area contributed by atoms with Gasteiger partial charge in [0.2, 0.25) is 5.91 Å². The number of aliphatic hydroxyl groups excluding tert-OH is 1. The maximum atomic E-state index is 13.5. The predicted octanol–water partition coefficient (Wildman–Crippen LogP) is -0.626. The molecular formula is C9H13FN2O4. The van der Waals surface area contributed by atoms with Gasteiger partial charge in [-0.3, -0.25) is 15.0 Å². The molecule has 2 aliphatic rings. The van der Waals surface area contributed by atoms with Crippen LogP contribution in [-0.4, -0.2) is 53.6 Å². The molecule has 0 aromatic heterocycles. The minimum atomic E-state index is -1.32. The lowest BCUT2D eigenvalue weighted by Crippen LogP contribution is -2.55. The Morgan fingerprint density at radius 1 is 1.56 bits per heavy atom. The summed E-state index contributed by atoms with van der Waals surface area (Å²) in [5, 5.41) is 10.9. The minimum absolute atomic E-state index is 0.0683. The molecule has 0 bridgehead atoms. The summed E-state index contributed by atoms with van der Waals surface area (Å²) in [6.45, 7) is -0.126. The number of amides is 3. The van der Waals surface area contributed by atoms with Gasteiger partial charge in [-0.2, -0.15) is 0 Å². The van der Waals surface area contributed by atoms with E-state index in [1.807, 2.05) is 0 Å². The number of aliphatic hydroxyl groups is 1. The molecule has 90 valence electrons. The summed E-state index contributed by atoms with van der Waals surface area (Å²) >= 11 is 0. The van der Waals surface area contributed by atoms with Crippen LogP contribution in [0.15, 0.2) is 0 Å². The van der Waals surface area contributed by atoms with Gasteiger partial charge in [0.15, 0.2) is 6.23 Å². The molecular weight excluding hydrogens is 219 g/mol. The molecule has 0 saturated carbocycles. The van der Waals surface area contributed by atoms with Crippen molar-refractivity contribution in [1.29, 1.82) is 0 Å². The minimum Gasteiger partial charge on any atom is -0.394 e. The van der Waals surface area contributed by atoms with Crippen LogP contribution < -0.4 is 5.32 Å². The molecule has 0 spiro atoms. The smallest absolute Gasteiger partial charge is 0.326 e. The molecule has 2 aliphatic heterocycles. The summed E-state index contributed by atoms with van der Waals surface area (Å²) in [6, 6.07) is -0.637. The van der Waals surface area contributed by atoms with Crippen molar-refractivity contribution >= 4 is 11.9 Å². The number of hydrogen-bond acceptors (Lipinski definition) is 4. The Bertz CT molecular complexity index is 312. The standard InChI is InChI=1S/C9H13FN2O4/c10-6-3-5(4-13)16-8(6)12-2-1-7(14)11-9(12)15/h5-6,8,13H,1-4H2,(H,11,14,15)/t5-,6+,8+/m0/s1. The SMILES string of the molecule is O=C1CCN([C@@H]2O[C@H](CO)C[C@H]2F)C(=O)N1. The fourth-order valence-electron chi connectivity index (χ4n) is 1.91. The van der Waals surface area contributed by atoms with E-state index in [4.69, 9.17) is 9.84 Å². The number of nitrogens with zero attached hydrogens (tertiary/aromatic N) is 1. The van der Waals surface area contributed by atoms with E-state index in [2.05, 4.69) is 5.32 Å². The van der Waals surface area contributed by atoms with Gasteiger partial charge in [0.1, 0.15) is 6.17 Å². The molecule has 3 atom stereocenters. The Balaban J connectivity index is 2.02. The normalized spacial score (nSPS) is 35.4. The highest BCUT2D eigenvalue weighted by Gasteiger charge is 2.42. The second kappa shape index (κ2) is 4.34. The first-order chi connectivity index (χ1) is 7.61. The third-order valence-corrected chi connectivity index (χ3v) is 2.73. The van der Waals surface area contributed by atoms with Crippen molar-refractivity contribution < 1.29 is 23.8 Å². The molecule has 0 unspecified atom stereocenters. The van der Waals surface area contributed by atoms with Gasteiger partial charge >= 0.3 is 6.03 Å². The fraction of sp³-hybridized carbons (Fsp3) is 0.778. The molecule has 6 nitrogen and oxygen atoms in total. The number of rotatable bonds is 2. The molecule has 16 heavy (non-hydrogen) atoms. The zero-order valence-corrected chi connectivity index (χ0v) is 8.56. The van der Waals surface area contributed by atoms with Crippen LogP contribution in [0.5, 0.6) is 0 Å². The molecule has 0 aromatic carbocycles. The van der Waals surface area contributed by atoms with Crippen molar-refractivity contribution in [3.63, 3.8) is 0 Å². The molecule has 2 saturated heterocycles. The van der Waals surface area contributed by atoms with Crippen LogP contribution in [0.2, 0.25) is 0 Å². The van der Waals surface area contributed by atoms with E-state index in [1.165, 1.54) is 0 Å². The molecule has 2 fully saturated rings. The second-order valence-electron chi connectivity index (χ2n) is 3.88. The first kappa shape index (κ1) is 11.3. The molecule has 3 amide bonds. The molecule has 2 rings (SSSR count). The van der Waals surface area contributed by atoms with Gasteiger partial charge in [0.25, 0.3) is 0 Å². The summed E-state index contributed by atoms with van der Waals surface area (Å²) in [6.07, 6.45) is -2.69. The van der Waals surface area contributed by atoms with E-state index in [-0.39, 0.29) is 31.9 Å². The predicted molar refractivity (Wildman–Crippen MR) is 50.1 cm³/mol. The number of halogens is 1. The van der Waals surface area contributed by atoms with Gasteiger partial charge in [-0.15, -0.1) is 0 Å². The third kappa shape index (κ3) is 2.00. The van der Waals surface area contributed by atoms with Crippen molar-refractivity contribution in [3.05, 3.63) is 0 Å². The van der Waals surface area contributed by atoms with Crippen molar-refractivity contribution in [2.45, 2.75) is 31.3 Å². The summed E-state index contributed by atoms with van der Waals surface area (Å²) in [5.41, 5.74) is 0. The highest BCUT2D eigenvalue weighted by molar-refractivity contribution is 5.96. The van der Waals surface area contributed by atoms with E-state index in [0.29, 0.717) is 0 Å². The average molecular weight is 232 g/mol. The van der Waals surface area contributed by atoms with Crippen LogP contribution in [0.25, 0.3) is 0 Å². The van der Waals surface area contributed by atoms with Crippen molar-refractivity contribution in [2.24, 2.45) is 0 Å². The third-order valence-electron chi connectivity index (χ3n) is 2.73. The van der Waals surface area contributed by atoms with Gasteiger partial charge in [0, 0.05) is 19.4 Å². The summed E-state index contributed by atoms with van der Waals surface area (Å²) in [4.78, 5) is 23.5. The number of carbonyl (C=O) groups is 2. The zero-order chi connectivity index (χ0) is 11.7. The van der Waals surface area contributed by atoms with Gasteiger partial charge in [-0.05, 0) is 0 Å². The van der Waals surface area contributed by atoms with Crippen molar-refractivity contribution in [3.8, 4) is 0 Å². The summed E-state index contributed by atoms with van der Waals surface area (Å²) < 4.78 is 18.7. The van der Waals surface area contributed by atoms with Gasteiger partial charge in [-0.1, -0.05) is 0 Å². The maximum Gasteiger partial charge on any atom is 0.326 e. The number of imide groups is 1. The van der Waals surface area contributed by atoms with E-state index < -0.39 is 24.5 Å². The van der Waals surface area contributed by atoms with E-state index in [0.717, 1.165) is 4.90 Å². The Hall–Kier alpha value is -1.21. The largest absolute Gasteiger partial charge is 0.394 e. The number of alkyl halides is 1. The van der Waals surface area contributed by atoms with Crippen molar-refractivity contribution in [2.75, 3.05) is 13.2 Å². The summed E-state index contributed by atoms with van der Waals surface area (Å²) in [5.74, 6) is -0.367. The number of hydrogen-bond donors (Lipinski definition) is 2. The van der Waals surface area contributed by atoms with Crippen LogP contribution in [0.1, 0.15) is 12.8 Å². The van der Waals surface area contributed by atoms with Gasteiger partial charge in [0.05, 0.1) is 12.7 Å². The van der Waals surface area contributed by atoms with Crippen LogP contribution in [0.4, 0.5) is 9.18 Å². The lowest BCUT2D eigenvalue weighted by Gasteiger charge is -2.32. The Kier molecular flexibility index (Phi) is 3.06.